The molecule has 0 spiro atoms. The fourth-order valence-electron chi connectivity index (χ4n) is 3.14. The molecule has 0 unspecified atom stereocenters. The van der Waals surface area contributed by atoms with Gasteiger partial charge in [0.05, 0.1) is 13.2 Å². The van der Waals surface area contributed by atoms with Crippen molar-refractivity contribution in [3.63, 3.8) is 0 Å². The molecule has 1 aliphatic heterocycles. The van der Waals surface area contributed by atoms with Crippen LogP contribution in [-0.4, -0.2) is 65.4 Å². The van der Waals surface area contributed by atoms with Crippen LogP contribution in [-0.2, 0) is 11.3 Å². The van der Waals surface area contributed by atoms with Gasteiger partial charge in [-0.2, -0.15) is 4.98 Å². The summed E-state index contributed by atoms with van der Waals surface area (Å²) < 4.78 is 10.9. The zero-order valence-corrected chi connectivity index (χ0v) is 13.8. The first-order valence-electron chi connectivity index (χ1n) is 8.66. The second-order valence-electron chi connectivity index (χ2n) is 6.35. The van der Waals surface area contributed by atoms with E-state index in [0.717, 1.165) is 57.7 Å². The molecule has 6 heteroatoms. The molecule has 6 nitrogen and oxygen atoms in total. The molecule has 0 aromatic carbocycles. The number of ether oxygens (including phenoxy) is 1. The van der Waals surface area contributed by atoms with E-state index in [1.807, 2.05) is 0 Å². The average molecular weight is 308 g/mol. The van der Waals surface area contributed by atoms with Crippen LogP contribution in [0.1, 0.15) is 50.7 Å². The van der Waals surface area contributed by atoms with E-state index in [0.29, 0.717) is 12.0 Å². The Morgan fingerprint density at radius 2 is 2.14 bits per heavy atom. The maximum Gasteiger partial charge on any atom is 0.229 e. The highest BCUT2D eigenvalue weighted by molar-refractivity contribution is 5.01. The van der Waals surface area contributed by atoms with Crippen LogP contribution in [0.2, 0.25) is 0 Å². The van der Waals surface area contributed by atoms with Crippen molar-refractivity contribution in [3.8, 4) is 0 Å². The van der Waals surface area contributed by atoms with E-state index in [1.165, 1.54) is 19.3 Å². The van der Waals surface area contributed by atoms with Crippen LogP contribution < -0.4 is 0 Å². The Morgan fingerprint density at radius 3 is 2.86 bits per heavy atom. The Morgan fingerprint density at radius 1 is 1.27 bits per heavy atom. The van der Waals surface area contributed by atoms with E-state index in [1.54, 1.807) is 0 Å². The van der Waals surface area contributed by atoms with Gasteiger partial charge in [0.1, 0.15) is 0 Å². The molecular weight excluding hydrogens is 280 g/mol. The van der Waals surface area contributed by atoms with Crippen molar-refractivity contribution in [2.45, 2.75) is 51.6 Å². The molecule has 2 fully saturated rings. The number of nitrogens with zero attached hydrogens (tertiary/aromatic N) is 4. The van der Waals surface area contributed by atoms with Gasteiger partial charge in [-0.1, -0.05) is 12.1 Å². The Labute approximate surface area is 132 Å². The summed E-state index contributed by atoms with van der Waals surface area (Å²) in [5.74, 6) is 2.23. The number of hydrogen-bond donors (Lipinski definition) is 0. The summed E-state index contributed by atoms with van der Waals surface area (Å²) >= 11 is 0. The number of hydrogen-bond acceptors (Lipinski definition) is 6. The zero-order chi connectivity index (χ0) is 15.4. The van der Waals surface area contributed by atoms with Crippen molar-refractivity contribution in [2.24, 2.45) is 0 Å². The molecule has 124 valence electrons. The molecule has 1 saturated heterocycles. The van der Waals surface area contributed by atoms with Gasteiger partial charge in [-0.15, -0.1) is 0 Å². The fourth-order valence-corrected chi connectivity index (χ4v) is 3.14. The third-order valence-electron chi connectivity index (χ3n) is 4.66. The van der Waals surface area contributed by atoms with Crippen molar-refractivity contribution in [1.82, 2.24) is 19.9 Å². The van der Waals surface area contributed by atoms with Crippen molar-refractivity contribution in [2.75, 3.05) is 39.4 Å². The summed E-state index contributed by atoms with van der Waals surface area (Å²) in [5.41, 5.74) is 0. The molecule has 2 heterocycles. The van der Waals surface area contributed by atoms with E-state index in [4.69, 9.17) is 9.26 Å². The van der Waals surface area contributed by atoms with Gasteiger partial charge < -0.3 is 9.26 Å². The second kappa shape index (κ2) is 7.53. The van der Waals surface area contributed by atoms with Gasteiger partial charge in [0.25, 0.3) is 0 Å². The Bertz CT molecular complexity index is 461. The summed E-state index contributed by atoms with van der Waals surface area (Å²) in [5, 5.41) is 4.14. The van der Waals surface area contributed by atoms with Crippen molar-refractivity contribution >= 4 is 0 Å². The standard InChI is InChI=1S/C16H28N4O2/c1-3-14-11-19(7-8-20(14)9-10-21-4-2)12-15-17-16(22-18-15)13-5-6-13/h13-14H,3-12H2,1-2H3/t14-/m1/s1. The topological polar surface area (TPSA) is 54.6 Å². The maximum atomic E-state index is 5.49. The molecule has 1 atom stereocenters. The predicted molar refractivity (Wildman–Crippen MR) is 83.7 cm³/mol. The van der Waals surface area contributed by atoms with Gasteiger partial charge in [-0.05, 0) is 26.2 Å². The summed E-state index contributed by atoms with van der Waals surface area (Å²) in [6, 6.07) is 0.601. The highest BCUT2D eigenvalue weighted by Crippen LogP contribution is 2.38. The smallest absolute Gasteiger partial charge is 0.229 e. The predicted octanol–water partition coefficient (Wildman–Crippen LogP) is 1.88. The minimum absolute atomic E-state index is 0.542. The lowest BCUT2D eigenvalue weighted by molar-refractivity contribution is 0.0374. The van der Waals surface area contributed by atoms with Crippen LogP contribution in [0.3, 0.4) is 0 Å². The van der Waals surface area contributed by atoms with Crippen LogP contribution in [0.4, 0.5) is 0 Å². The van der Waals surface area contributed by atoms with Crippen LogP contribution in [0.25, 0.3) is 0 Å². The van der Waals surface area contributed by atoms with Gasteiger partial charge in [-0.25, -0.2) is 0 Å². The van der Waals surface area contributed by atoms with E-state index in [-0.39, 0.29) is 0 Å². The summed E-state index contributed by atoms with van der Waals surface area (Å²) in [6.45, 7) is 11.0. The van der Waals surface area contributed by atoms with Crippen LogP contribution in [0, 0.1) is 0 Å². The minimum Gasteiger partial charge on any atom is -0.380 e. The third kappa shape index (κ3) is 4.06. The van der Waals surface area contributed by atoms with Crippen LogP contribution in [0.15, 0.2) is 4.52 Å². The number of rotatable bonds is 8. The first-order valence-corrected chi connectivity index (χ1v) is 8.66. The lowest BCUT2D eigenvalue weighted by atomic mass is 10.1. The largest absolute Gasteiger partial charge is 0.380 e. The average Bonchev–Trinajstić information content (AvgIpc) is 3.29. The van der Waals surface area contributed by atoms with Gasteiger partial charge in [0, 0.05) is 44.7 Å². The second-order valence-corrected chi connectivity index (χ2v) is 6.35. The quantitative estimate of drug-likeness (QED) is 0.684. The zero-order valence-electron chi connectivity index (χ0n) is 13.8. The molecule has 0 radical (unpaired) electrons. The monoisotopic (exact) mass is 308 g/mol. The van der Waals surface area contributed by atoms with Gasteiger partial charge in [-0.3, -0.25) is 9.80 Å². The van der Waals surface area contributed by atoms with E-state index < -0.39 is 0 Å². The Balaban J connectivity index is 1.48. The highest BCUT2D eigenvalue weighted by atomic mass is 16.5. The SMILES string of the molecule is CCOCCN1CCN(Cc2noc(C3CC3)n2)C[C@H]1CC. The molecule has 0 bridgehead atoms. The number of aromatic nitrogens is 2. The molecule has 0 N–H and O–H groups in total. The fraction of sp³-hybridized carbons (Fsp3) is 0.875. The van der Waals surface area contributed by atoms with E-state index in [9.17, 15) is 0 Å². The molecular formula is C16H28N4O2. The van der Waals surface area contributed by atoms with E-state index >= 15 is 0 Å². The van der Waals surface area contributed by atoms with Crippen molar-refractivity contribution < 1.29 is 9.26 Å². The maximum absolute atomic E-state index is 5.49. The molecule has 1 aliphatic carbocycles. The van der Waals surface area contributed by atoms with Crippen LogP contribution >= 0.6 is 0 Å². The van der Waals surface area contributed by atoms with Gasteiger partial charge >= 0.3 is 0 Å². The lowest BCUT2D eigenvalue weighted by Gasteiger charge is -2.40. The van der Waals surface area contributed by atoms with Crippen molar-refractivity contribution in [3.05, 3.63) is 11.7 Å². The Kier molecular flexibility index (Phi) is 5.44. The molecule has 1 saturated carbocycles. The van der Waals surface area contributed by atoms with Gasteiger partial charge in [0.2, 0.25) is 5.89 Å². The summed E-state index contributed by atoms with van der Waals surface area (Å²) in [7, 11) is 0. The first-order chi connectivity index (χ1) is 10.8. The molecule has 2 aliphatic rings. The molecule has 22 heavy (non-hydrogen) atoms. The molecule has 1 aromatic rings. The first kappa shape index (κ1) is 15.9. The minimum atomic E-state index is 0.542. The Hall–Kier alpha value is -0.980. The molecule has 1 aromatic heterocycles. The van der Waals surface area contributed by atoms with Crippen LogP contribution in [0.5, 0.6) is 0 Å². The van der Waals surface area contributed by atoms with Crippen molar-refractivity contribution in [1.29, 1.82) is 0 Å². The lowest BCUT2D eigenvalue weighted by Crippen LogP contribution is -2.53. The summed E-state index contributed by atoms with van der Waals surface area (Å²) in [4.78, 5) is 9.55. The number of piperazine rings is 1. The summed E-state index contributed by atoms with van der Waals surface area (Å²) in [6.07, 6.45) is 3.58. The molecule has 0 amide bonds. The third-order valence-corrected chi connectivity index (χ3v) is 4.66. The van der Waals surface area contributed by atoms with E-state index in [2.05, 4.69) is 33.8 Å². The van der Waals surface area contributed by atoms with Gasteiger partial charge in [0.15, 0.2) is 5.82 Å². The highest BCUT2D eigenvalue weighted by Gasteiger charge is 2.30. The molecule has 3 rings (SSSR count). The normalized spacial score (nSPS) is 24.0.